The Morgan fingerprint density at radius 3 is 2.18 bits per heavy atom. The number of anilines is 2. The first-order chi connectivity index (χ1) is 15.8. The average Bonchev–Trinajstić information content (AvgIpc) is 2.81. The summed E-state index contributed by atoms with van der Waals surface area (Å²) < 4.78 is 51.8. The lowest BCUT2D eigenvalue weighted by Gasteiger charge is -2.22. The number of halogens is 2. The van der Waals surface area contributed by atoms with Crippen molar-refractivity contribution in [2.75, 3.05) is 41.8 Å². The van der Waals surface area contributed by atoms with E-state index in [2.05, 4.69) is 4.72 Å². The van der Waals surface area contributed by atoms with Crippen molar-refractivity contribution >= 4 is 33.3 Å². The van der Waals surface area contributed by atoms with Gasteiger partial charge in [0.05, 0.1) is 5.75 Å². The van der Waals surface area contributed by atoms with Gasteiger partial charge < -0.3 is 4.90 Å². The van der Waals surface area contributed by atoms with Crippen molar-refractivity contribution in [3.8, 4) is 6.07 Å². The van der Waals surface area contributed by atoms with Crippen molar-refractivity contribution in [3.05, 3.63) is 65.2 Å². The van der Waals surface area contributed by atoms with E-state index < -0.39 is 29.2 Å². The molecule has 0 aliphatic rings. The highest BCUT2D eigenvalue weighted by Crippen LogP contribution is 2.19. The number of nitriles is 1. The number of nitrogens with zero attached hydrogens (tertiary/aromatic N) is 2. The van der Waals surface area contributed by atoms with Gasteiger partial charge in [-0.2, -0.15) is 5.26 Å². The minimum absolute atomic E-state index is 0.0175. The molecule has 0 amide bonds. The zero-order valence-corrected chi connectivity index (χ0v) is 19.2. The molecule has 9 heteroatoms. The third kappa shape index (κ3) is 7.99. The monoisotopic (exact) mass is 475 g/mol. The molecule has 0 aromatic heterocycles. The van der Waals surface area contributed by atoms with Gasteiger partial charge in [-0.1, -0.05) is 25.5 Å². The van der Waals surface area contributed by atoms with Crippen LogP contribution in [0.2, 0.25) is 0 Å². The molecule has 0 radical (unpaired) electrons. The van der Waals surface area contributed by atoms with Crippen LogP contribution in [0, 0.1) is 11.3 Å². The third-order valence-electron chi connectivity index (χ3n) is 4.83. The smallest absolute Gasteiger partial charge is 0.232 e. The molecule has 2 aromatic rings. The Labute approximate surface area is 193 Å². The van der Waals surface area contributed by atoms with E-state index >= 15 is 0 Å². The second kappa shape index (κ2) is 12.7. The van der Waals surface area contributed by atoms with Gasteiger partial charge in [-0.25, -0.2) is 17.2 Å². The number of hydrogen-bond donors (Lipinski definition) is 1. The molecule has 0 fully saturated rings. The molecule has 0 bridgehead atoms. The summed E-state index contributed by atoms with van der Waals surface area (Å²) in [5.41, 5.74) is 1.72. The Balaban J connectivity index is 2.15. The number of benzene rings is 2. The first-order valence-electron chi connectivity index (χ1n) is 10.6. The Morgan fingerprint density at radius 2 is 1.67 bits per heavy atom. The summed E-state index contributed by atoms with van der Waals surface area (Å²) >= 11 is 0. The van der Waals surface area contributed by atoms with Gasteiger partial charge in [0, 0.05) is 30.0 Å². The van der Waals surface area contributed by atoms with Crippen LogP contribution in [0.15, 0.2) is 54.1 Å². The average molecular weight is 476 g/mol. The Hall–Kier alpha value is -3.25. The second-order valence-corrected chi connectivity index (χ2v) is 9.15. The Morgan fingerprint density at radius 1 is 1.06 bits per heavy atom. The first kappa shape index (κ1) is 26.0. The number of Topliss-reactive ketones (excluding diaryl/α,β-unsaturated/α-hetero) is 1. The summed E-state index contributed by atoms with van der Waals surface area (Å²) in [4.78, 5) is 14.3. The highest BCUT2D eigenvalue weighted by molar-refractivity contribution is 7.92. The van der Waals surface area contributed by atoms with E-state index in [0.29, 0.717) is 23.4 Å². The molecule has 1 N–H and O–H groups in total. The van der Waals surface area contributed by atoms with Crippen LogP contribution in [0.5, 0.6) is 0 Å². The van der Waals surface area contributed by atoms with Crippen LogP contribution in [0.25, 0.3) is 6.08 Å². The predicted molar refractivity (Wildman–Crippen MR) is 127 cm³/mol. The van der Waals surface area contributed by atoms with Gasteiger partial charge >= 0.3 is 0 Å². The van der Waals surface area contributed by atoms with Crippen molar-refractivity contribution in [1.82, 2.24) is 0 Å². The zero-order valence-electron chi connectivity index (χ0n) is 18.4. The quantitative estimate of drug-likeness (QED) is 0.256. The molecule has 33 heavy (non-hydrogen) atoms. The van der Waals surface area contributed by atoms with E-state index in [1.165, 1.54) is 30.3 Å². The molecule has 0 aliphatic heterocycles. The molecular formula is C24H27F2N3O3S. The zero-order chi connectivity index (χ0) is 24.3. The molecule has 0 aliphatic carbocycles. The highest BCUT2D eigenvalue weighted by Gasteiger charge is 2.14. The van der Waals surface area contributed by atoms with Crippen LogP contribution >= 0.6 is 0 Å². The molecule has 2 aromatic carbocycles. The van der Waals surface area contributed by atoms with Gasteiger partial charge in [-0.15, -0.1) is 0 Å². The molecule has 0 saturated heterocycles. The van der Waals surface area contributed by atoms with E-state index in [4.69, 9.17) is 0 Å². The molecular weight excluding hydrogens is 448 g/mol. The molecule has 0 heterocycles. The Bertz CT molecular complexity index is 1090. The summed E-state index contributed by atoms with van der Waals surface area (Å²) in [7, 11) is -3.45. The number of carbonyl (C=O) groups is 1. The molecule has 176 valence electrons. The number of alkyl halides is 2. The summed E-state index contributed by atoms with van der Waals surface area (Å²) in [6, 6.07) is 14.4. The van der Waals surface area contributed by atoms with Crippen LogP contribution < -0.4 is 9.62 Å². The van der Waals surface area contributed by atoms with Crippen molar-refractivity contribution in [3.63, 3.8) is 0 Å². The fraction of sp³-hybridized carbons (Fsp3) is 0.333. The maximum atomic E-state index is 12.7. The Kier molecular flexibility index (Phi) is 10.0. The molecule has 0 saturated carbocycles. The van der Waals surface area contributed by atoms with Gasteiger partial charge in [-0.3, -0.25) is 9.52 Å². The topological polar surface area (TPSA) is 90.3 Å². The number of carbonyl (C=O) groups excluding carboxylic acids is 1. The van der Waals surface area contributed by atoms with Gasteiger partial charge in [0.25, 0.3) is 0 Å². The van der Waals surface area contributed by atoms with Crippen LogP contribution in [0.1, 0.15) is 35.7 Å². The van der Waals surface area contributed by atoms with Gasteiger partial charge in [0.1, 0.15) is 25.0 Å². The number of hydrogen-bond acceptors (Lipinski definition) is 5. The largest absolute Gasteiger partial charge is 0.366 e. The van der Waals surface area contributed by atoms with Crippen molar-refractivity contribution in [2.24, 2.45) is 0 Å². The molecule has 6 nitrogen and oxygen atoms in total. The van der Waals surface area contributed by atoms with Crippen LogP contribution in [0.3, 0.4) is 0 Å². The standard InChI is InChI=1S/C24H27F2N3O3S/c1-2-3-16-33(31,32)28-22-8-6-20(7-9-22)24(30)21(18-27)17-19-4-10-23(11-5-19)29(14-12-25)15-13-26/h4-11,17,28H,2-3,12-16H2,1H3/b21-17-. The van der Waals surface area contributed by atoms with Crippen molar-refractivity contribution < 1.29 is 22.0 Å². The minimum atomic E-state index is -3.45. The van der Waals surface area contributed by atoms with Gasteiger partial charge in [-0.05, 0) is 54.5 Å². The van der Waals surface area contributed by atoms with Crippen molar-refractivity contribution in [1.29, 1.82) is 5.26 Å². The maximum absolute atomic E-state index is 12.7. The second-order valence-electron chi connectivity index (χ2n) is 7.31. The lowest BCUT2D eigenvalue weighted by molar-refractivity contribution is 0.104. The van der Waals surface area contributed by atoms with Crippen LogP contribution in [-0.2, 0) is 10.0 Å². The first-order valence-corrected chi connectivity index (χ1v) is 12.2. The van der Waals surface area contributed by atoms with Gasteiger partial charge in [0.2, 0.25) is 15.8 Å². The number of rotatable bonds is 13. The van der Waals surface area contributed by atoms with E-state index in [1.807, 2.05) is 13.0 Å². The number of allylic oxidation sites excluding steroid dienone is 1. The summed E-state index contributed by atoms with van der Waals surface area (Å²) in [5, 5.41) is 9.47. The number of nitrogens with one attached hydrogen (secondary N) is 1. The van der Waals surface area contributed by atoms with Gasteiger partial charge in [0.15, 0.2) is 0 Å². The highest BCUT2D eigenvalue weighted by atomic mass is 32.2. The molecule has 2 rings (SSSR count). The summed E-state index contributed by atoms with van der Waals surface area (Å²) in [6.07, 6.45) is 2.74. The fourth-order valence-electron chi connectivity index (χ4n) is 3.08. The van der Waals surface area contributed by atoms with E-state index in [-0.39, 0.29) is 30.0 Å². The molecule has 0 spiro atoms. The maximum Gasteiger partial charge on any atom is 0.232 e. The summed E-state index contributed by atoms with van der Waals surface area (Å²) in [6.45, 7) is 0.845. The number of unbranched alkanes of at least 4 members (excludes halogenated alkanes) is 1. The van der Waals surface area contributed by atoms with Crippen LogP contribution in [-0.4, -0.2) is 46.4 Å². The van der Waals surface area contributed by atoms with Crippen LogP contribution in [0.4, 0.5) is 20.2 Å². The molecule has 0 atom stereocenters. The SMILES string of the molecule is CCCCS(=O)(=O)Nc1ccc(C(=O)/C(C#N)=C\c2ccc(N(CCF)CCF)cc2)cc1. The number of sulfonamides is 1. The molecule has 0 unspecified atom stereocenters. The lowest BCUT2D eigenvalue weighted by atomic mass is 10.0. The third-order valence-corrected chi connectivity index (χ3v) is 6.20. The van der Waals surface area contributed by atoms with E-state index in [9.17, 15) is 27.3 Å². The minimum Gasteiger partial charge on any atom is -0.366 e. The summed E-state index contributed by atoms with van der Waals surface area (Å²) in [5.74, 6) is -0.484. The fourth-order valence-corrected chi connectivity index (χ4v) is 4.35. The van der Waals surface area contributed by atoms with E-state index in [1.54, 1.807) is 29.2 Å². The predicted octanol–water partition coefficient (Wildman–Crippen LogP) is 4.76. The normalized spacial score (nSPS) is 11.6. The van der Waals surface area contributed by atoms with E-state index in [0.717, 1.165) is 6.42 Å². The van der Waals surface area contributed by atoms with Crippen molar-refractivity contribution in [2.45, 2.75) is 19.8 Å². The lowest BCUT2D eigenvalue weighted by Crippen LogP contribution is -2.27. The number of ketones is 1.